The molecule has 134 valence electrons. The fourth-order valence-electron chi connectivity index (χ4n) is 3.04. The molecule has 0 bridgehead atoms. The molecule has 9 nitrogen and oxygen atoms in total. The number of ether oxygens (including phenoxy) is 5. The summed E-state index contributed by atoms with van der Waals surface area (Å²) in [5.41, 5.74) is 9.78. The van der Waals surface area contributed by atoms with Gasteiger partial charge in [-0.25, -0.2) is 0 Å². The van der Waals surface area contributed by atoms with Crippen molar-refractivity contribution >= 4 is 5.97 Å². The van der Waals surface area contributed by atoms with E-state index in [0.29, 0.717) is 0 Å². The van der Waals surface area contributed by atoms with E-state index >= 15 is 0 Å². The summed E-state index contributed by atoms with van der Waals surface area (Å²) >= 11 is 0. The highest BCUT2D eigenvalue weighted by atomic mass is 16.8. The van der Waals surface area contributed by atoms with Crippen molar-refractivity contribution < 1.29 is 28.5 Å². The van der Waals surface area contributed by atoms with Crippen LogP contribution in [-0.4, -0.2) is 50.3 Å². The van der Waals surface area contributed by atoms with Crippen molar-refractivity contribution in [1.29, 1.82) is 0 Å². The van der Waals surface area contributed by atoms with E-state index in [1.807, 2.05) is 30.3 Å². The second kappa shape index (κ2) is 7.81. The van der Waals surface area contributed by atoms with Gasteiger partial charge in [0, 0.05) is 24.5 Å². The molecule has 1 aromatic rings. The van der Waals surface area contributed by atoms with Crippen molar-refractivity contribution in [3.05, 3.63) is 46.3 Å². The Labute approximate surface area is 144 Å². The lowest BCUT2D eigenvalue weighted by Gasteiger charge is -2.47. The smallest absolute Gasteiger partial charge is 0.303 e. The van der Waals surface area contributed by atoms with E-state index in [1.165, 1.54) is 14.0 Å². The summed E-state index contributed by atoms with van der Waals surface area (Å²) in [6.07, 6.45) is -3.55. The van der Waals surface area contributed by atoms with Crippen molar-refractivity contribution in [3.63, 3.8) is 0 Å². The van der Waals surface area contributed by atoms with Crippen LogP contribution in [0, 0.1) is 0 Å². The summed E-state index contributed by atoms with van der Waals surface area (Å²) in [5, 5.41) is 3.79. The van der Waals surface area contributed by atoms with Crippen LogP contribution < -0.4 is 0 Å². The van der Waals surface area contributed by atoms with Gasteiger partial charge in [-0.2, -0.15) is 0 Å². The van der Waals surface area contributed by atoms with E-state index in [-0.39, 0.29) is 6.61 Å². The first-order valence-electron chi connectivity index (χ1n) is 7.85. The molecule has 9 heteroatoms. The lowest BCUT2D eigenvalue weighted by molar-refractivity contribution is -0.338. The summed E-state index contributed by atoms with van der Waals surface area (Å²) < 4.78 is 28.0. The number of azide groups is 1. The van der Waals surface area contributed by atoms with Crippen LogP contribution in [-0.2, 0) is 28.5 Å². The van der Waals surface area contributed by atoms with Crippen LogP contribution in [0.5, 0.6) is 0 Å². The molecule has 2 aliphatic rings. The van der Waals surface area contributed by atoms with Crippen molar-refractivity contribution in [2.45, 2.75) is 43.9 Å². The molecule has 0 unspecified atom stereocenters. The number of carbonyl (C=O) groups excluding carboxylic acids is 1. The van der Waals surface area contributed by atoms with E-state index in [9.17, 15) is 4.79 Å². The third kappa shape index (κ3) is 3.76. The van der Waals surface area contributed by atoms with Gasteiger partial charge in [0.2, 0.25) is 0 Å². The number of hydrogen-bond acceptors (Lipinski definition) is 7. The average molecular weight is 349 g/mol. The highest BCUT2D eigenvalue weighted by Crippen LogP contribution is 2.36. The third-order valence-corrected chi connectivity index (χ3v) is 4.10. The van der Waals surface area contributed by atoms with E-state index in [4.69, 9.17) is 29.2 Å². The molecule has 0 aromatic heterocycles. The zero-order valence-corrected chi connectivity index (χ0v) is 13.8. The summed E-state index contributed by atoms with van der Waals surface area (Å²) in [6.45, 7) is 1.50. The van der Waals surface area contributed by atoms with Gasteiger partial charge in [-0.1, -0.05) is 35.4 Å². The van der Waals surface area contributed by atoms with Gasteiger partial charge in [-0.15, -0.1) is 0 Å². The van der Waals surface area contributed by atoms with Gasteiger partial charge < -0.3 is 23.7 Å². The van der Waals surface area contributed by atoms with Crippen LogP contribution in [0.15, 0.2) is 35.4 Å². The first-order valence-corrected chi connectivity index (χ1v) is 7.85. The average Bonchev–Trinajstić information content (AvgIpc) is 2.63. The molecule has 2 heterocycles. The summed E-state index contributed by atoms with van der Waals surface area (Å²) in [5.74, 6) is -0.529. The SMILES string of the molecule is CO[C@@H]1O[C@@H]2CO[C@H](c3ccccc3)O[C@@H]2[C@H](N=[N+]=[N-])[C@H]1OC(C)=O. The maximum absolute atomic E-state index is 11.4. The number of methoxy groups -OCH3 is 1. The monoisotopic (exact) mass is 349 g/mol. The van der Waals surface area contributed by atoms with E-state index in [0.717, 1.165) is 5.56 Å². The maximum Gasteiger partial charge on any atom is 0.303 e. The molecule has 0 spiro atoms. The number of carbonyl (C=O) groups is 1. The van der Waals surface area contributed by atoms with Crippen LogP contribution in [0.25, 0.3) is 10.4 Å². The van der Waals surface area contributed by atoms with E-state index in [1.54, 1.807) is 0 Å². The molecular formula is C16H19N3O6. The Bertz CT molecular complexity index is 651. The Kier molecular flexibility index (Phi) is 5.52. The third-order valence-electron chi connectivity index (χ3n) is 4.10. The number of hydrogen-bond donors (Lipinski definition) is 0. The van der Waals surface area contributed by atoms with Crippen molar-refractivity contribution in [2.24, 2.45) is 5.11 Å². The molecule has 2 aliphatic heterocycles. The van der Waals surface area contributed by atoms with Crippen molar-refractivity contribution in [3.8, 4) is 0 Å². The Morgan fingerprint density at radius 2 is 2.08 bits per heavy atom. The molecule has 0 N–H and O–H groups in total. The van der Waals surface area contributed by atoms with Gasteiger partial charge in [0.1, 0.15) is 18.2 Å². The Balaban J connectivity index is 1.86. The Morgan fingerprint density at radius 1 is 1.32 bits per heavy atom. The molecule has 0 radical (unpaired) electrons. The lowest BCUT2D eigenvalue weighted by Crippen LogP contribution is -2.62. The standard InChI is InChI=1S/C16H19N3O6/c1-9(20)23-14-12(18-19-17)13-11(24-16(14)21-2)8-22-15(25-13)10-6-4-3-5-7-10/h3-7,11-16H,8H2,1-2H3/t11-,12+,13+,14-,15+,16-/m1/s1. The molecule has 6 atom stereocenters. The highest BCUT2D eigenvalue weighted by molar-refractivity contribution is 5.66. The fourth-order valence-corrected chi connectivity index (χ4v) is 3.04. The molecule has 0 saturated carbocycles. The van der Waals surface area contributed by atoms with Gasteiger partial charge in [-0.3, -0.25) is 4.79 Å². The normalized spacial score (nSPS) is 34.5. The quantitative estimate of drug-likeness (QED) is 0.356. The Hall–Kier alpha value is -2.16. The second-order valence-electron chi connectivity index (χ2n) is 5.72. The molecule has 2 saturated heterocycles. The molecule has 2 fully saturated rings. The van der Waals surface area contributed by atoms with Gasteiger partial charge in [0.05, 0.1) is 6.61 Å². The van der Waals surface area contributed by atoms with Crippen molar-refractivity contribution in [1.82, 2.24) is 0 Å². The number of benzene rings is 1. The lowest BCUT2D eigenvalue weighted by atomic mass is 9.95. The van der Waals surface area contributed by atoms with Crippen LogP contribution in [0.1, 0.15) is 18.8 Å². The maximum atomic E-state index is 11.4. The minimum Gasteiger partial charge on any atom is -0.457 e. The van der Waals surface area contributed by atoms with E-state index < -0.39 is 42.9 Å². The highest BCUT2D eigenvalue weighted by Gasteiger charge is 2.51. The molecule has 0 amide bonds. The topological polar surface area (TPSA) is 112 Å². The summed E-state index contributed by atoms with van der Waals surface area (Å²) in [6, 6.07) is 8.59. The minimum absolute atomic E-state index is 0.230. The van der Waals surface area contributed by atoms with Gasteiger partial charge in [0.25, 0.3) is 0 Å². The number of esters is 1. The van der Waals surface area contributed by atoms with E-state index in [2.05, 4.69) is 10.0 Å². The van der Waals surface area contributed by atoms with Crippen LogP contribution in [0.3, 0.4) is 0 Å². The van der Waals surface area contributed by atoms with Crippen LogP contribution in [0.4, 0.5) is 0 Å². The van der Waals surface area contributed by atoms with Gasteiger partial charge in [-0.05, 0) is 5.53 Å². The van der Waals surface area contributed by atoms with Gasteiger partial charge >= 0.3 is 5.97 Å². The summed E-state index contributed by atoms with van der Waals surface area (Å²) in [7, 11) is 1.42. The van der Waals surface area contributed by atoms with Crippen LogP contribution in [0.2, 0.25) is 0 Å². The first-order chi connectivity index (χ1) is 12.1. The zero-order valence-electron chi connectivity index (χ0n) is 13.8. The molecule has 1 aromatic carbocycles. The Morgan fingerprint density at radius 3 is 2.72 bits per heavy atom. The number of fused-ring (bicyclic) bond motifs is 1. The van der Waals surface area contributed by atoms with Gasteiger partial charge in [0.15, 0.2) is 18.7 Å². The molecule has 3 rings (SSSR count). The zero-order chi connectivity index (χ0) is 17.8. The fraction of sp³-hybridized carbons (Fsp3) is 0.562. The predicted octanol–water partition coefficient (Wildman–Crippen LogP) is 2.08. The van der Waals surface area contributed by atoms with Crippen LogP contribution >= 0.6 is 0 Å². The number of rotatable bonds is 4. The molecular weight excluding hydrogens is 330 g/mol. The summed E-state index contributed by atoms with van der Waals surface area (Å²) in [4.78, 5) is 14.3. The van der Waals surface area contributed by atoms with Crippen molar-refractivity contribution in [2.75, 3.05) is 13.7 Å². The molecule has 0 aliphatic carbocycles. The largest absolute Gasteiger partial charge is 0.457 e. The minimum atomic E-state index is -0.908. The first kappa shape index (κ1) is 17.7. The predicted molar refractivity (Wildman–Crippen MR) is 84.2 cm³/mol. The number of nitrogens with zero attached hydrogens (tertiary/aromatic N) is 3. The second-order valence-corrected chi connectivity index (χ2v) is 5.72. The molecule has 25 heavy (non-hydrogen) atoms.